The number of nitrogens with one attached hydrogen (secondary N) is 2. The first-order chi connectivity index (χ1) is 22.0. The molecule has 0 spiro atoms. The molecular formula is C36H48N2O8. The Kier molecular flexibility index (Phi) is 14.6. The van der Waals surface area contributed by atoms with Gasteiger partial charge in [0.25, 0.3) is 0 Å². The smallest absolute Gasteiger partial charge is 0.328 e. The molecule has 2 aliphatic carbocycles. The summed E-state index contributed by atoms with van der Waals surface area (Å²) in [5.41, 5.74) is 0.803. The van der Waals surface area contributed by atoms with Crippen molar-refractivity contribution in [3.05, 3.63) is 71.5 Å². The molecule has 3 rings (SSSR count). The second-order valence-corrected chi connectivity index (χ2v) is 12.3. The highest BCUT2D eigenvalue weighted by atomic mass is 16.5. The van der Waals surface area contributed by atoms with Gasteiger partial charge in [-0.05, 0) is 51.2 Å². The monoisotopic (exact) mass is 636 g/mol. The molecular weight excluding hydrogens is 588 g/mol. The van der Waals surface area contributed by atoms with Gasteiger partial charge in [-0.2, -0.15) is 0 Å². The summed E-state index contributed by atoms with van der Waals surface area (Å²) >= 11 is 0. The number of amides is 2. The number of aliphatic hydroxyl groups excluding tert-OH is 1. The number of ketones is 2. The summed E-state index contributed by atoms with van der Waals surface area (Å²) < 4.78 is 11.3. The first-order valence-electron chi connectivity index (χ1n) is 16.2. The normalized spacial score (nSPS) is 29.8. The Morgan fingerprint density at radius 1 is 1.04 bits per heavy atom. The molecule has 1 aliphatic heterocycles. The summed E-state index contributed by atoms with van der Waals surface area (Å²) in [7, 11) is 1.47. The number of rotatable bonds is 5. The summed E-state index contributed by atoms with van der Waals surface area (Å²) in [6.45, 7) is 5.16. The van der Waals surface area contributed by atoms with Gasteiger partial charge < -0.3 is 25.2 Å². The zero-order chi connectivity index (χ0) is 33.6. The van der Waals surface area contributed by atoms with E-state index >= 15 is 0 Å². The SMILES string of the molecule is CO[C@H]1\C=C/C=C/C=C/C[C@H](OC(=O)[C@@H](C)NC(=O)C2CCCCC2)[C@@H](C)[C@@H](O)/C(C)=C\CCC2=CC(=O)C=C(NC(=O)C1)C2=O. The molecule has 3 aliphatic rings. The maximum Gasteiger partial charge on any atom is 0.328 e. The zero-order valence-corrected chi connectivity index (χ0v) is 27.3. The van der Waals surface area contributed by atoms with Gasteiger partial charge in [-0.3, -0.25) is 19.2 Å². The fourth-order valence-electron chi connectivity index (χ4n) is 5.73. The fourth-order valence-corrected chi connectivity index (χ4v) is 5.73. The van der Waals surface area contributed by atoms with Crippen molar-refractivity contribution in [2.75, 3.05) is 7.11 Å². The minimum Gasteiger partial charge on any atom is -0.460 e. The number of hydrogen-bond acceptors (Lipinski definition) is 8. The minimum absolute atomic E-state index is 0.0567. The molecule has 0 aromatic rings. The molecule has 0 aromatic carbocycles. The van der Waals surface area contributed by atoms with Gasteiger partial charge in [0, 0.05) is 37.0 Å². The van der Waals surface area contributed by atoms with Gasteiger partial charge in [0.15, 0.2) is 5.78 Å². The number of carbonyl (C=O) groups is 5. The van der Waals surface area contributed by atoms with E-state index in [1.807, 2.05) is 6.08 Å². The molecule has 250 valence electrons. The van der Waals surface area contributed by atoms with Crippen LogP contribution < -0.4 is 10.6 Å². The van der Waals surface area contributed by atoms with Crippen molar-refractivity contribution < 1.29 is 38.6 Å². The third kappa shape index (κ3) is 11.2. The standard InChI is InChI=1S/C36H48N2O8/c1-23-14-13-17-27-20-28(39)21-30(34(27)42)38-32(40)22-29(45-4)18-11-6-5-7-12-19-31(24(2)33(23)41)46-36(44)25(3)37-35(43)26-15-9-8-10-16-26/h5-7,11-12,14,18,20-21,24-26,29,31,33,41H,8-10,13,15-17,19,22H2,1-4H3,(H,37,43)(H,38,40)/b6-5+,12-7+,18-11-,23-14-/t24-,25-,29+,31+,33+/m1/s1. The number of hydrogen-bond donors (Lipinski definition) is 3. The van der Waals surface area contributed by atoms with Crippen molar-refractivity contribution in [1.29, 1.82) is 0 Å². The number of ether oxygens (including phenoxy) is 2. The number of carbonyl (C=O) groups excluding carboxylic acids is 5. The quantitative estimate of drug-likeness (QED) is 0.230. The van der Waals surface area contributed by atoms with Crippen molar-refractivity contribution in [1.82, 2.24) is 10.6 Å². The number of Topliss-reactive ketones (excluding diaryl/α,β-unsaturated/α-hetero) is 1. The number of allylic oxidation sites excluding steroid dienone is 8. The topological polar surface area (TPSA) is 148 Å². The van der Waals surface area contributed by atoms with E-state index in [0.717, 1.165) is 38.2 Å². The molecule has 0 aromatic heterocycles. The van der Waals surface area contributed by atoms with Crippen molar-refractivity contribution >= 4 is 29.4 Å². The highest BCUT2D eigenvalue weighted by Gasteiger charge is 2.31. The minimum atomic E-state index is -0.968. The van der Waals surface area contributed by atoms with Crippen LogP contribution in [-0.4, -0.2) is 65.9 Å². The van der Waals surface area contributed by atoms with Crippen LogP contribution in [0.4, 0.5) is 0 Å². The van der Waals surface area contributed by atoms with E-state index in [9.17, 15) is 29.1 Å². The second-order valence-electron chi connectivity index (χ2n) is 12.3. The largest absolute Gasteiger partial charge is 0.460 e. The molecule has 10 heteroatoms. The number of methoxy groups -OCH3 is 1. The van der Waals surface area contributed by atoms with Gasteiger partial charge >= 0.3 is 5.97 Å². The van der Waals surface area contributed by atoms with E-state index < -0.39 is 53.7 Å². The van der Waals surface area contributed by atoms with Crippen molar-refractivity contribution in [3.63, 3.8) is 0 Å². The summed E-state index contributed by atoms with van der Waals surface area (Å²) in [4.78, 5) is 63.8. The summed E-state index contributed by atoms with van der Waals surface area (Å²) in [6, 6.07) is -0.840. The summed E-state index contributed by atoms with van der Waals surface area (Å²) in [6.07, 6.45) is 18.1. The van der Waals surface area contributed by atoms with Crippen LogP contribution in [-0.2, 0) is 33.4 Å². The average molecular weight is 637 g/mol. The Labute approximate surface area is 271 Å². The highest BCUT2D eigenvalue weighted by molar-refractivity contribution is 6.21. The maximum atomic E-state index is 13.1. The Balaban J connectivity index is 1.79. The fraction of sp³-hybridized carbons (Fsp3) is 0.528. The maximum absolute atomic E-state index is 13.1. The third-order valence-electron chi connectivity index (χ3n) is 8.65. The molecule has 0 saturated heterocycles. The van der Waals surface area contributed by atoms with Gasteiger partial charge in [0.2, 0.25) is 17.6 Å². The lowest BCUT2D eigenvalue weighted by atomic mass is 9.88. The van der Waals surface area contributed by atoms with Crippen LogP contribution in [0, 0.1) is 11.8 Å². The highest BCUT2D eigenvalue weighted by Crippen LogP contribution is 2.25. The first-order valence-corrected chi connectivity index (χ1v) is 16.2. The Hall–Kier alpha value is -3.89. The second kappa shape index (κ2) is 18.3. The van der Waals surface area contributed by atoms with Gasteiger partial charge in [0.1, 0.15) is 12.1 Å². The van der Waals surface area contributed by atoms with E-state index in [2.05, 4.69) is 10.6 Å². The van der Waals surface area contributed by atoms with E-state index in [0.29, 0.717) is 18.4 Å². The van der Waals surface area contributed by atoms with E-state index in [4.69, 9.17) is 9.47 Å². The molecule has 2 amide bonds. The molecule has 0 unspecified atom stereocenters. The van der Waals surface area contributed by atoms with Gasteiger partial charge in [0.05, 0.1) is 24.3 Å². The lowest BCUT2D eigenvalue weighted by Crippen LogP contribution is -2.45. The van der Waals surface area contributed by atoms with E-state index in [1.165, 1.54) is 13.2 Å². The van der Waals surface area contributed by atoms with Gasteiger partial charge in [-0.1, -0.05) is 68.7 Å². The third-order valence-corrected chi connectivity index (χ3v) is 8.65. The van der Waals surface area contributed by atoms with Crippen LogP contribution in [0.5, 0.6) is 0 Å². The molecule has 1 saturated carbocycles. The zero-order valence-electron chi connectivity index (χ0n) is 27.3. The number of esters is 1. The van der Waals surface area contributed by atoms with Crippen molar-refractivity contribution in [2.45, 2.75) is 103 Å². The van der Waals surface area contributed by atoms with Crippen LogP contribution in [0.15, 0.2) is 71.5 Å². The van der Waals surface area contributed by atoms with Crippen LogP contribution >= 0.6 is 0 Å². The Morgan fingerprint density at radius 2 is 1.76 bits per heavy atom. The van der Waals surface area contributed by atoms with E-state index in [-0.39, 0.29) is 35.9 Å². The molecule has 2 bridgehead atoms. The summed E-state index contributed by atoms with van der Waals surface area (Å²) in [5.74, 6) is -2.59. The lowest BCUT2D eigenvalue weighted by Gasteiger charge is -2.29. The van der Waals surface area contributed by atoms with Crippen molar-refractivity contribution in [2.24, 2.45) is 11.8 Å². The Bertz CT molecular complexity index is 1310. The summed E-state index contributed by atoms with van der Waals surface area (Å²) in [5, 5.41) is 16.6. The van der Waals surface area contributed by atoms with Crippen LogP contribution in [0.2, 0.25) is 0 Å². The number of fused-ring (bicyclic) bond motifs is 2. The predicted molar refractivity (Wildman–Crippen MR) is 174 cm³/mol. The van der Waals surface area contributed by atoms with Crippen LogP contribution in [0.3, 0.4) is 0 Å². The molecule has 0 radical (unpaired) electrons. The number of aliphatic hydroxyl groups is 1. The van der Waals surface area contributed by atoms with E-state index in [1.54, 1.807) is 57.2 Å². The van der Waals surface area contributed by atoms with Crippen molar-refractivity contribution in [3.8, 4) is 0 Å². The first kappa shape index (κ1) is 36.6. The molecule has 3 N–H and O–H groups in total. The average Bonchev–Trinajstić information content (AvgIpc) is 3.04. The molecule has 1 heterocycles. The molecule has 10 nitrogen and oxygen atoms in total. The van der Waals surface area contributed by atoms with Crippen LogP contribution in [0.1, 0.15) is 78.6 Å². The molecule has 46 heavy (non-hydrogen) atoms. The molecule has 5 atom stereocenters. The Morgan fingerprint density at radius 3 is 2.48 bits per heavy atom. The molecule has 1 fully saturated rings. The van der Waals surface area contributed by atoms with Gasteiger partial charge in [-0.15, -0.1) is 0 Å². The van der Waals surface area contributed by atoms with Gasteiger partial charge in [-0.25, -0.2) is 4.79 Å². The lowest BCUT2D eigenvalue weighted by molar-refractivity contribution is -0.156. The predicted octanol–water partition coefficient (Wildman–Crippen LogP) is 4.26. The van der Waals surface area contributed by atoms with Crippen LogP contribution in [0.25, 0.3) is 0 Å².